The van der Waals surface area contributed by atoms with Crippen LogP contribution in [0.1, 0.15) is 54.9 Å². The van der Waals surface area contributed by atoms with Crippen LogP contribution in [0.15, 0.2) is 54.7 Å². The highest BCUT2D eigenvalue weighted by molar-refractivity contribution is 5.99. The molecule has 1 saturated carbocycles. The number of aromatic nitrogens is 1. The molecule has 3 amide bonds. The largest absolute Gasteiger partial charge is 0.361 e. The Balaban J connectivity index is 1.43. The zero-order valence-electron chi connectivity index (χ0n) is 19.8. The van der Waals surface area contributed by atoms with E-state index in [1.54, 1.807) is 24.3 Å². The first-order valence-electron chi connectivity index (χ1n) is 11.9. The minimum absolute atomic E-state index is 0.000218. The molecule has 1 aromatic heterocycles. The topological polar surface area (TPSA) is 94.3 Å². The summed E-state index contributed by atoms with van der Waals surface area (Å²) in [5.74, 6) is -0.578. The van der Waals surface area contributed by atoms with Gasteiger partial charge in [-0.15, -0.1) is 0 Å². The Hall–Kier alpha value is -3.61. The van der Waals surface area contributed by atoms with Crippen LogP contribution in [0.4, 0.5) is 5.69 Å². The lowest BCUT2D eigenvalue weighted by atomic mass is 9.94. The third-order valence-corrected chi connectivity index (χ3v) is 6.64. The van der Waals surface area contributed by atoms with Crippen molar-refractivity contribution in [3.63, 3.8) is 0 Å². The van der Waals surface area contributed by atoms with E-state index in [4.69, 9.17) is 0 Å². The van der Waals surface area contributed by atoms with Crippen molar-refractivity contribution < 1.29 is 14.4 Å². The monoisotopic (exact) mass is 460 g/mol. The third kappa shape index (κ3) is 5.47. The molecule has 1 heterocycles. The molecule has 7 nitrogen and oxygen atoms in total. The van der Waals surface area contributed by atoms with Gasteiger partial charge in [0.1, 0.15) is 6.04 Å². The van der Waals surface area contributed by atoms with Crippen LogP contribution in [0.25, 0.3) is 10.9 Å². The summed E-state index contributed by atoms with van der Waals surface area (Å²) in [6.07, 6.45) is 7.91. The molecule has 1 unspecified atom stereocenters. The van der Waals surface area contributed by atoms with E-state index < -0.39 is 6.04 Å². The van der Waals surface area contributed by atoms with Gasteiger partial charge < -0.3 is 20.5 Å². The molecule has 3 N–H and O–H groups in total. The molecule has 0 saturated heterocycles. The molecule has 4 rings (SSSR count). The Morgan fingerprint density at radius 3 is 2.44 bits per heavy atom. The summed E-state index contributed by atoms with van der Waals surface area (Å²) in [5, 5.41) is 6.66. The Bertz CT molecular complexity index is 1160. The van der Waals surface area contributed by atoms with E-state index in [1.807, 2.05) is 42.4 Å². The number of H-pyrrole nitrogens is 1. The normalized spacial score (nSPS) is 15.0. The minimum atomic E-state index is -0.726. The fraction of sp³-hybridized carbons (Fsp3) is 0.370. The molecule has 3 aromatic rings. The van der Waals surface area contributed by atoms with Crippen LogP contribution in [-0.2, 0) is 16.0 Å². The van der Waals surface area contributed by atoms with Crippen LogP contribution < -0.4 is 10.6 Å². The van der Waals surface area contributed by atoms with Gasteiger partial charge in [-0.2, -0.15) is 0 Å². The Morgan fingerprint density at radius 2 is 1.74 bits per heavy atom. The number of fused-ring (bicyclic) bond motifs is 1. The molecular formula is C27H32N4O3. The van der Waals surface area contributed by atoms with Crippen molar-refractivity contribution in [1.29, 1.82) is 0 Å². The van der Waals surface area contributed by atoms with Gasteiger partial charge in [0.25, 0.3) is 5.91 Å². The number of carbonyl (C=O) groups is 3. The quantitative estimate of drug-likeness (QED) is 0.492. The molecule has 1 aliphatic carbocycles. The first-order chi connectivity index (χ1) is 16.4. The predicted octanol–water partition coefficient (Wildman–Crippen LogP) is 4.26. The molecular weight excluding hydrogens is 428 g/mol. The number of amides is 3. The zero-order valence-corrected chi connectivity index (χ0v) is 19.8. The average molecular weight is 461 g/mol. The number of rotatable bonds is 7. The highest BCUT2D eigenvalue weighted by atomic mass is 16.2. The molecule has 2 aromatic carbocycles. The minimum Gasteiger partial charge on any atom is -0.361 e. The van der Waals surface area contributed by atoms with Crippen molar-refractivity contribution in [3.8, 4) is 0 Å². The fourth-order valence-corrected chi connectivity index (χ4v) is 4.74. The second-order valence-corrected chi connectivity index (χ2v) is 9.09. The predicted molar refractivity (Wildman–Crippen MR) is 134 cm³/mol. The number of nitrogens with one attached hydrogen (secondary N) is 3. The van der Waals surface area contributed by atoms with Crippen molar-refractivity contribution in [2.45, 2.75) is 57.5 Å². The van der Waals surface area contributed by atoms with Crippen LogP contribution in [0, 0.1) is 0 Å². The molecule has 1 atom stereocenters. The summed E-state index contributed by atoms with van der Waals surface area (Å²) < 4.78 is 0. The summed E-state index contributed by atoms with van der Waals surface area (Å²) >= 11 is 0. The maximum absolute atomic E-state index is 13.0. The summed E-state index contributed by atoms with van der Waals surface area (Å²) in [6, 6.07) is 14.4. The lowest BCUT2D eigenvalue weighted by Crippen LogP contribution is -2.44. The van der Waals surface area contributed by atoms with E-state index >= 15 is 0 Å². The van der Waals surface area contributed by atoms with Crippen molar-refractivity contribution in [3.05, 3.63) is 65.9 Å². The Labute approximate surface area is 199 Å². The summed E-state index contributed by atoms with van der Waals surface area (Å²) in [6.45, 7) is 1.40. The van der Waals surface area contributed by atoms with Gasteiger partial charge in [0, 0.05) is 54.8 Å². The first-order valence-corrected chi connectivity index (χ1v) is 11.9. The lowest BCUT2D eigenvalue weighted by molar-refractivity contribution is -0.125. The van der Waals surface area contributed by atoms with Gasteiger partial charge in [-0.1, -0.05) is 37.5 Å². The number of anilines is 1. The van der Waals surface area contributed by atoms with Gasteiger partial charge in [-0.05, 0) is 48.7 Å². The fourth-order valence-electron chi connectivity index (χ4n) is 4.74. The standard InChI is InChI=1S/C27H32N4O3/c1-18(32)29-25(16-20-17-28-24-11-7-6-10-23(20)24)26(33)30-21-14-12-19(13-15-21)27(34)31(2)22-8-4-3-5-9-22/h6-7,10-15,17,22,25,28H,3-5,8-9,16H2,1-2H3,(H,29,32)(H,30,33). The lowest BCUT2D eigenvalue weighted by Gasteiger charge is -2.31. The number of carbonyl (C=O) groups excluding carboxylic acids is 3. The third-order valence-electron chi connectivity index (χ3n) is 6.64. The molecule has 0 aliphatic heterocycles. The highest BCUT2D eigenvalue weighted by Crippen LogP contribution is 2.24. The van der Waals surface area contributed by atoms with Crippen LogP contribution >= 0.6 is 0 Å². The molecule has 7 heteroatoms. The number of hydrogen-bond acceptors (Lipinski definition) is 3. The van der Waals surface area contributed by atoms with Crippen molar-refractivity contribution in [1.82, 2.24) is 15.2 Å². The number of nitrogens with zero attached hydrogens (tertiary/aromatic N) is 1. The molecule has 0 bridgehead atoms. The first kappa shape index (κ1) is 23.5. The Morgan fingerprint density at radius 1 is 1.03 bits per heavy atom. The van der Waals surface area contributed by atoms with E-state index in [1.165, 1.54) is 26.2 Å². The van der Waals surface area contributed by atoms with Gasteiger partial charge in [-0.25, -0.2) is 0 Å². The van der Waals surface area contributed by atoms with Crippen molar-refractivity contribution in [2.75, 3.05) is 12.4 Å². The molecule has 34 heavy (non-hydrogen) atoms. The number of benzene rings is 2. The van der Waals surface area contributed by atoms with E-state index in [0.29, 0.717) is 23.7 Å². The number of para-hydroxylation sites is 1. The molecule has 1 aliphatic rings. The zero-order chi connectivity index (χ0) is 24.1. The second-order valence-electron chi connectivity index (χ2n) is 9.09. The van der Waals surface area contributed by atoms with E-state index in [2.05, 4.69) is 15.6 Å². The SMILES string of the molecule is CC(=O)NC(Cc1c[nH]c2ccccc12)C(=O)Nc1ccc(C(=O)N(C)C2CCCCC2)cc1. The van der Waals surface area contributed by atoms with E-state index in [-0.39, 0.29) is 17.7 Å². The van der Waals surface area contributed by atoms with Crippen LogP contribution in [0.5, 0.6) is 0 Å². The maximum Gasteiger partial charge on any atom is 0.253 e. The van der Waals surface area contributed by atoms with Crippen LogP contribution in [-0.4, -0.2) is 46.7 Å². The number of aromatic amines is 1. The van der Waals surface area contributed by atoms with Crippen molar-refractivity contribution in [2.24, 2.45) is 0 Å². The van der Waals surface area contributed by atoms with Gasteiger partial charge in [-0.3, -0.25) is 14.4 Å². The maximum atomic E-state index is 13.0. The molecule has 178 valence electrons. The molecule has 0 spiro atoms. The highest BCUT2D eigenvalue weighted by Gasteiger charge is 2.24. The van der Waals surface area contributed by atoms with Crippen LogP contribution in [0.2, 0.25) is 0 Å². The summed E-state index contributed by atoms with van der Waals surface area (Å²) in [5.41, 5.74) is 3.12. The van der Waals surface area contributed by atoms with Gasteiger partial charge in [0.05, 0.1) is 0 Å². The summed E-state index contributed by atoms with van der Waals surface area (Å²) in [7, 11) is 1.87. The van der Waals surface area contributed by atoms with Gasteiger partial charge >= 0.3 is 0 Å². The van der Waals surface area contributed by atoms with Gasteiger partial charge in [0.2, 0.25) is 11.8 Å². The Kier molecular flexibility index (Phi) is 7.30. The van der Waals surface area contributed by atoms with E-state index in [0.717, 1.165) is 29.3 Å². The second kappa shape index (κ2) is 10.5. The summed E-state index contributed by atoms with van der Waals surface area (Å²) in [4.78, 5) is 42.7. The smallest absolute Gasteiger partial charge is 0.253 e. The average Bonchev–Trinajstić information content (AvgIpc) is 3.26. The molecule has 0 radical (unpaired) electrons. The van der Waals surface area contributed by atoms with Gasteiger partial charge in [0.15, 0.2) is 0 Å². The van der Waals surface area contributed by atoms with Crippen LogP contribution in [0.3, 0.4) is 0 Å². The number of hydrogen-bond donors (Lipinski definition) is 3. The molecule has 1 fully saturated rings. The van der Waals surface area contributed by atoms with Crippen molar-refractivity contribution >= 4 is 34.3 Å². The van der Waals surface area contributed by atoms with E-state index in [9.17, 15) is 14.4 Å².